The third-order valence-electron chi connectivity index (χ3n) is 7.20. The van der Waals surface area contributed by atoms with Crippen molar-refractivity contribution in [3.8, 4) is 0 Å². The fraction of sp³-hybridized carbons (Fsp3) is 0.833. The summed E-state index contributed by atoms with van der Waals surface area (Å²) in [6.45, 7) is 0. The molecule has 118 valence electrons. The van der Waals surface area contributed by atoms with Gasteiger partial charge in [-0.25, -0.2) is 0 Å². The van der Waals surface area contributed by atoms with Crippen LogP contribution in [0.5, 0.6) is 0 Å². The number of esters is 1. The Morgan fingerprint density at radius 3 is 2.82 bits per heavy atom. The van der Waals surface area contributed by atoms with Crippen LogP contribution in [0.3, 0.4) is 0 Å². The van der Waals surface area contributed by atoms with Gasteiger partial charge < -0.3 is 14.2 Å². The van der Waals surface area contributed by atoms with Gasteiger partial charge in [0.15, 0.2) is 6.10 Å². The molecule has 3 heterocycles. The lowest BCUT2D eigenvalue weighted by molar-refractivity contribution is -0.163. The maximum atomic E-state index is 12.7. The highest BCUT2D eigenvalue weighted by atomic mass is 16.6. The summed E-state index contributed by atoms with van der Waals surface area (Å²) in [6.07, 6.45) is 10.7. The third kappa shape index (κ3) is 1.44. The molecule has 5 fully saturated rings. The van der Waals surface area contributed by atoms with E-state index in [-0.39, 0.29) is 36.3 Å². The molecule has 3 aliphatic carbocycles. The van der Waals surface area contributed by atoms with Crippen molar-refractivity contribution in [3.05, 3.63) is 12.2 Å². The van der Waals surface area contributed by atoms with Crippen molar-refractivity contribution in [2.45, 2.75) is 62.6 Å². The zero-order valence-electron chi connectivity index (χ0n) is 12.6. The van der Waals surface area contributed by atoms with Gasteiger partial charge in [-0.15, -0.1) is 0 Å². The van der Waals surface area contributed by atoms with Crippen LogP contribution in [0, 0.1) is 29.6 Å². The quantitative estimate of drug-likeness (QED) is 0.579. The molecule has 0 amide bonds. The van der Waals surface area contributed by atoms with Gasteiger partial charge in [0.05, 0.1) is 18.1 Å². The first-order chi connectivity index (χ1) is 10.8. The van der Waals surface area contributed by atoms with Gasteiger partial charge in [0.2, 0.25) is 0 Å². The number of hydrogen-bond donors (Lipinski definition) is 0. The number of hydrogen-bond acceptors (Lipinski definition) is 4. The van der Waals surface area contributed by atoms with E-state index in [0.29, 0.717) is 29.8 Å². The normalized spacial score (nSPS) is 59.5. The Morgan fingerprint density at radius 2 is 2.00 bits per heavy atom. The fourth-order valence-corrected chi connectivity index (χ4v) is 6.34. The van der Waals surface area contributed by atoms with E-state index in [1.165, 1.54) is 12.8 Å². The van der Waals surface area contributed by atoms with E-state index >= 15 is 0 Å². The summed E-state index contributed by atoms with van der Waals surface area (Å²) in [4.78, 5) is 12.7. The van der Waals surface area contributed by atoms with Crippen molar-refractivity contribution in [2.75, 3.05) is 0 Å². The molecule has 10 unspecified atom stereocenters. The van der Waals surface area contributed by atoms with Crippen LogP contribution in [0.2, 0.25) is 0 Å². The highest BCUT2D eigenvalue weighted by Crippen LogP contribution is 2.57. The van der Waals surface area contributed by atoms with Crippen LogP contribution >= 0.6 is 0 Å². The molecule has 3 aliphatic heterocycles. The molecular formula is C18H22O4. The molecule has 3 saturated heterocycles. The number of carbonyl (C=O) groups excluding carboxylic acids is 1. The standard InChI is InChI=1S/C18H22O4/c19-18(11-7-8-4-5-9(11)6-8)22-16-14-10-2-1-3-12-13(10)15(21-14)17(16)20-12/h4-5,8-17H,1-3,6-7H2. The van der Waals surface area contributed by atoms with E-state index in [9.17, 15) is 4.79 Å². The minimum absolute atomic E-state index is 0.000373. The molecule has 2 saturated carbocycles. The predicted octanol–water partition coefficient (Wildman–Crippen LogP) is 2.08. The molecule has 22 heavy (non-hydrogen) atoms. The second-order valence-electron chi connectivity index (χ2n) is 8.16. The largest absolute Gasteiger partial charge is 0.456 e. The van der Waals surface area contributed by atoms with Crippen molar-refractivity contribution in [2.24, 2.45) is 29.6 Å². The van der Waals surface area contributed by atoms with E-state index in [2.05, 4.69) is 12.2 Å². The van der Waals surface area contributed by atoms with E-state index in [1.54, 1.807) is 0 Å². The van der Waals surface area contributed by atoms with Crippen molar-refractivity contribution in [3.63, 3.8) is 0 Å². The monoisotopic (exact) mass is 302 g/mol. The van der Waals surface area contributed by atoms with Crippen LogP contribution in [0.1, 0.15) is 32.1 Å². The Balaban J connectivity index is 1.24. The predicted molar refractivity (Wildman–Crippen MR) is 76.9 cm³/mol. The molecule has 4 bridgehead atoms. The first kappa shape index (κ1) is 12.5. The molecule has 4 nitrogen and oxygen atoms in total. The average molecular weight is 302 g/mol. The maximum absolute atomic E-state index is 12.7. The van der Waals surface area contributed by atoms with Gasteiger partial charge in [0.25, 0.3) is 0 Å². The molecule has 4 heteroatoms. The van der Waals surface area contributed by atoms with Gasteiger partial charge in [-0.2, -0.15) is 0 Å². The highest BCUT2D eigenvalue weighted by molar-refractivity contribution is 5.74. The number of fused-ring (bicyclic) bond motifs is 4. The van der Waals surface area contributed by atoms with Gasteiger partial charge >= 0.3 is 5.97 Å². The van der Waals surface area contributed by atoms with Crippen LogP contribution in [-0.4, -0.2) is 36.5 Å². The molecule has 0 radical (unpaired) electrons. The zero-order chi connectivity index (χ0) is 14.4. The summed E-state index contributed by atoms with van der Waals surface area (Å²) in [5, 5.41) is 0. The van der Waals surface area contributed by atoms with Gasteiger partial charge in [-0.3, -0.25) is 4.79 Å². The van der Waals surface area contributed by atoms with E-state index < -0.39 is 0 Å². The van der Waals surface area contributed by atoms with E-state index in [0.717, 1.165) is 19.3 Å². The fourth-order valence-electron chi connectivity index (χ4n) is 6.34. The lowest BCUT2D eigenvalue weighted by Crippen LogP contribution is -2.46. The van der Waals surface area contributed by atoms with Crippen molar-refractivity contribution in [1.29, 1.82) is 0 Å². The Morgan fingerprint density at radius 1 is 1.05 bits per heavy atom. The van der Waals surface area contributed by atoms with E-state index in [1.807, 2.05) is 0 Å². The molecule has 0 aromatic heterocycles. The lowest BCUT2D eigenvalue weighted by atomic mass is 9.70. The molecule has 0 aromatic rings. The summed E-state index contributed by atoms with van der Waals surface area (Å²) in [7, 11) is 0. The molecule has 0 spiro atoms. The summed E-state index contributed by atoms with van der Waals surface area (Å²) in [5.41, 5.74) is 0. The van der Waals surface area contributed by atoms with Crippen molar-refractivity contribution in [1.82, 2.24) is 0 Å². The SMILES string of the molecule is O=C(OC1C2OC3C1OC1CCCC2C13)C1CC2C=CC1C2. The van der Waals surface area contributed by atoms with Gasteiger partial charge in [-0.05, 0) is 43.4 Å². The molecule has 0 aromatic carbocycles. The molecule has 6 rings (SSSR count). The van der Waals surface area contributed by atoms with Crippen LogP contribution < -0.4 is 0 Å². The maximum Gasteiger partial charge on any atom is 0.310 e. The van der Waals surface area contributed by atoms with Crippen LogP contribution in [0.25, 0.3) is 0 Å². The van der Waals surface area contributed by atoms with Crippen LogP contribution in [0.4, 0.5) is 0 Å². The summed E-state index contributed by atoms with van der Waals surface area (Å²) in [6, 6.07) is 0. The Hall–Kier alpha value is -0.870. The van der Waals surface area contributed by atoms with E-state index in [4.69, 9.17) is 14.2 Å². The average Bonchev–Trinajstić information content (AvgIpc) is 3.30. The summed E-state index contributed by atoms with van der Waals surface area (Å²) >= 11 is 0. The topological polar surface area (TPSA) is 44.8 Å². The van der Waals surface area contributed by atoms with Crippen LogP contribution in [0.15, 0.2) is 12.2 Å². The number of allylic oxidation sites excluding steroid dienone is 2. The highest BCUT2D eigenvalue weighted by Gasteiger charge is 2.69. The van der Waals surface area contributed by atoms with Crippen molar-refractivity contribution >= 4 is 5.97 Å². The zero-order valence-corrected chi connectivity index (χ0v) is 12.6. The molecule has 0 N–H and O–H groups in total. The Bertz CT molecular complexity index is 557. The lowest BCUT2D eigenvalue weighted by Gasteiger charge is -2.33. The van der Waals surface area contributed by atoms with Crippen molar-refractivity contribution < 1.29 is 19.0 Å². The molecule has 10 atom stereocenters. The Kier molecular flexibility index (Phi) is 2.37. The second kappa shape index (κ2) is 4.15. The first-order valence-electron chi connectivity index (χ1n) is 8.99. The van der Waals surface area contributed by atoms with Crippen LogP contribution in [-0.2, 0) is 19.0 Å². The van der Waals surface area contributed by atoms with Gasteiger partial charge in [0.1, 0.15) is 12.2 Å². The third-order valence-corrected chi connectivity index (χ3v) is 7.20. The van der Waals surface area contributed by atoms with Gasteiger partial charge in [0, 0.05) is 5.92 Å². The number of carbonyl (C=O) groups is 1. The smallest absolute Gasteiger partial charge is 0.310 e. The minimum atomic E-state index is -0.148. The number of ether oxygens (including phenoxy) is 3. The number of rotatable bonds is 2. The first-order valence-corrected chi connectivity index (χ1v) is 8.99. The molecular weight excluding hydrogens is 280 g/mol. The second-order valence-corrected chi connectivity index (χ2v) is 8.16. The minimum Gasteiger partial charge on any atom is -0.456 e. The summed E-state index contributed by atoms with van der Waals surface area (Å²) in [5.74, 6) is 2.22. The van der Waals surface area contributed by atoms with Gasteiger partial charge in [-0.1, -0.05) is 18.6 Å². The Labute approximate surface area is 130 Å². The molecule has 6 aliphatic rings. The summed E-state index contributed by atoms with van der Waals surface area (Å²) < 4.78 is 18.4.